The Labute approximate surface area is 345 Å². The molecule has 2 heteroatoms. The minimum Gasteiger partial charge on any atom is -0.310 e. The van der Waals surface area contributed by atoms with Crippen LogP contribution in [0.2, 0.25) is 0 Å². The Kier molecular flexibility index (Phi) is 8.10. The van der Waals surface area contributed by atoms with Crippen LogP contribution >= 0.6 is 0 Å². The van der Waals surface area contributed by atoms with Gasteiger partial charge < -0.3 is 9.47 Å². The van der Waals surface area contributed by atoms with E-state index in [9.17, 15) is 0 Å². The molecule has 0 N–H and O–H groups in total. The van der Waals surface area contributed by atoms with Gasteiger partial charge in [0.15, 0.2) is 0 Å². The van der Waals surface area contributed by atoms with Gasteiger partial charge in [-0.05, 0) is 135 Å². The maximum absolute atomic E-state index is 3.45. The minimum absolute atomic E-state index is 0.191. The smallest absolute Gasteiger partial charge is 0.0541 e. The van der Waals surface area contributed by atoms with Gasteiger partial charge in [0.2, 0.25) is 0 Å². The first kappa shape index (κ1) is 34.6. The molecule has 1 aromatic heterocycles. The number of hydrogen-bond donors (Lipinski definition) is 0. The van der Waals surface area contributed by atoms with E-state index in [1.54, 1.807) is 0 Å². The molecule has 0 spiro atoms. The molecule has 9 aromatic carbocycles. The molecule has 10 aromatic rings. The average Bonchev–Trinajstić information content (AvgIpc) is 3.75. The molecule has 11 rings (SSSR count). The predicted octanol–water partition coefficient (Wildman–Crippen LogP) is 15.2. The Morgan fingerprint density at radius 1 is 0.424 bits per heavy atom. The maximum atomic E-state index is 3.45. The molecule has 0 saturated carbocycles. The largest absolute Gasteiger partial charge is 0.310 e. The molecule has 59 heavy (non-hydrogen) atoms. The van der Waals surface area contributed by atoms with Crippen LogP contribution < -0.4 is 4.90 Å². The normalized spacial score (nSPS) is 12.6. The highest BCUT2D eigenvalue weighted by molar-refractivity contribution is 6.10. The van der Waals surface area contributed by atoms with E-state index in [2.05, 4.69) is 236 Å². The van der Waals surface area contributed by atoms with E-state index in [0.717, 1.165) is 17.1 Å². The predicted molar refractivity (Wildman–Crippen MR) is 247 cm³/mol. The van der Waals surface area contributed by atoms with Gasteiger partial charge in [0.05, 0.1) is 11.0 Å². The molecule has 1 heterocycles. The second-order valence-corrected chi connectivity index (χ2v) is 16.0. The number of hydrogen-bond acceptors (Lipinski definition) is 1. The number of anilines is 3. The van der Waals surface area contributed by atoms with E-state index < -0.39 is 0 Å². The average molecular weight is 753 g/mol. The first-order valence-corrected chi connectivity index (χ1v) is 20.3. The third-order valence-corrected chi connectivity index (χ3v) is 12.2. The molecule has 0 radical (unpaired) electrons. The molecular weight excluding hydrogens is 713 g/mol. The molecule has 0 atom stereocenters. The van der Waals surface area contributed by atoms with E-state index in [-0.39, 0.29) is 5.41 Å². The van der Waals surface area contributed by atoms with Crippen LogP contribution in [0.4, 0.5) is 17.1 Å². The Bertz CT molecular complexity index is 3150. The fraction of sp³-hybridized carbons (Fsp3) is 0.0526. The SMILES string of the molecule is CC1(C)c2c#cccc2-c2ccc(N(c3ccc(-c4cccc(-c5ccccc5)c4)cc3)c3ccc(-c4ccc5c(c4)c4ccccc4n5-c4ccccc4)cc3)cc21. The topological polar surface area (TPSA) is 8.17 Å². The highest BCUT2D eigenvalue weighted by atomic mass is 15.1. The molecule has 0 saturated heterocycles. The number of para-hydroxylation sites is 2. The van der Waals surface area contributed by atoms with Crippen molar-refractivity contribution in [2.45, 2.75) is 19.3 Å². The highest BCUT2D eigenvalue weighted by Crippen LogP contribution is 2.50. The van der Waals surface area contributed by atoms with Crippen molar-refractivity contribution in [3.05, 3.63) is 230 Å². The lowest BCUT2D eigenvalue weighted by Crippen LogP contribution is -2.16. The quantitative estimate of drug-likeness (QED) is 0.157. The molecule has 0 fully saturated rings. The lowest BCUT2D eigenvalue weighted by atomic mass is 9.83. The van der Waals surface area contributed by atoms with E-state index in [1.165, 1.54) is 83.1 Å². The lowest BCUT2D eigenvalue weighted by molar-refractivity contribution is 0.661. The van der Waals surface area contributed by atoms with Gasteiger partial charge in [0.1, 0.15) is 0 Å². The maximum Gasteiger partial charge on any atom is 0.0541 e. The summed E-state index contributed by atoms with van der Waals surface area (Å²) in [6, 6.07) is 81.5. The Morgan fingerprint density at radius 2 is 0.983 bits per heavy atom. The molecule has 1 aliphatic rings. The fourth-order valence-electron chi connectivity index (χ4n) is 9.23. The van der Waals surface area contributed by atoms with Crippen LogP contribution in [-0.2, 0) is 5.41 Å². The van der Waals surface area contributed by atoms with Crippen LogP contribution in [0.5, 0.6) is 0 Å². The van der Waals surface area contributed by atoms with Crippen LogP contribution in [0.3, 0.4) is 0 Å². The van der Waals surface area contributed by atoms with Gasteiger partial charge in [-0.3, -0.25) is 0 Å². The zero-order chi connectivity index (χ0) is 39.5. The van der Waals surface area contributed by atoms with Gasteiger partial charge in [0, 0.05) is 44.5 Å². The number of aromatic nitrogens is 1. The molecule has 1 aliphatic carbocycles. The number of fused-ring (bicyclic) bond motifs is 6. The third-order valence-electron chi connectivity index (χ3n) is 12.2. The van der Waals surface area contributed by atoms with Gasteiger partial charge in [-0.25, -0.2) is 0 Å². The number of rotatable bonds is 7. The monoisotopic (exact) mass is 752 g/mol. The van der Waals surface area contributed by atoms with Crippen molar-refractivity contribution in [3.8, 4) is 50.2 Å². The first-order valence-electron chi connectivity index (χ1n) is 20.3. The molecule has 0 amide bonds. The molecular formula is C57H40N2. The molecule has 278 valence electrons. The summed E-state index contributed by atoms with van der Waals surface area (Å²) in [6.45, 7) is 4.61. The van der Waals surface area contributed by atoms with Gasteiger partial charge in [0.25, 0.3) is 0 Å². The second-order valence-electron chi connectivity index (χ2n) is 16.0. The van der Waals surface area contributed by atoms with Gasteiger partial charge in [-0.2, -0.15) is 0 Å². The Hall–Kier alpha value is -7.60. The minimum atomic E-state index is -0.191. The molecule has 2 nitrogen and oxygen atoms in total. The summed E-state index contributed by atoms with van der Waals surface area (Å²) >= 11 is 0. The van der Waals surface area contributed by atoms with Crippen molar-refractivity contribution >= 4 is 38.9 Å². The summed E-state index contributed by atoms with van der Waals surface area (Å²) < 4.78 is 2.37. The lowest BCUT2D eigenvalue weighted by Gasteiger charge is -2.28. The van der Waals surface area contributed by atoms with Gasteiger partial charge in [-0.15, -0.1) is 0 Å². The van der Waals surface area contributed by atoms with Crippen LogP contribution in [0.15, 0.2) is 206 Å². The summed E-state index contributed by atoms with van der Waals surface area (Å²) in [5, 5.41) is 2.50. The van der Waals surface area contributed by atoms with Crippen LogP contribution in [0.25, 0.3) is 72.0 Å². The van der Waals surface area contributed by atoms with E-state index in [1.807, 2.05) is 6.07 Å². The summed E-state index contributed by atoms with van der Waals surface area (Å²) in [4.78, 5) is 2.39. The van der Waals surface area contributed by atoms with E-state index >= 15 is 0 Å². The molecule has 0 bridgehead atoms. The van der Waals surface area contributed by atoms with Gasteiger partial charge >= 0.3 is 0 Å². The number of nitrogens with zero attached hydrogens (tertiary/aromatic N) is 2. The zero-order valence-electron chi connectivity index (χ0n) is 33.0. The summed E-state index contributed by atoms with van der Waals surface area (Å²) in [7, 11) is 0. The van der Waals surface area contributed by atoms with Gasteiger partial charge in [-0.1, -0.05) is 147 Å². The first-order chi connectivity index (χ1) is 29.0. The fourth-order valence-corrected chi connectivity index (χ4v) is 9.23. The van der Waals surface area contributed by atoms with Crippen LogP contribution in [-0.4, -0.2) is 4.57 Å². The van der Waals surface area contributed by atoms with Crippen molar-refractivity contribution < 1.29 is 0 Å². The Balaban J connectivity index is 0.994. The summed E-state index contributed by atoms with van der Waals surface area (Å²) in [5.74, 6) is 0. The summed E-state index contributed by atoms with van der Waals surface area (Å²) in [5.41, 5.74) is 18.9. The van der Waals surface area contributed by atoms with Crippen molar-refractivity contribution in [2.75, 3.05) is 4.90 Å². The van der Waals surface area contributed by atoms with Crippen molar-refractivity contribution in [3.63, 3.8) is 0 Å². The van der Waals surface area contributed by atoms with Crippen LogP contribution in [0.1, 0.15) is 25.0 Å². The van der Waals surface area contributed by atoms with Crippen LogP contribution in [0, 0.1) is 12.1 Å². The molecule has 0 aliphatic heterocycles. The van der Waals surface area contributed by atoms with Crippen molar-refractivity contribution in [1.82, 2.24) is 4.57 Å². The highest BCUT2D eigenvalue weighted by Gasteiger charge is 2.36. The summed E-state index contributed by atoms with van der Waals surface area (Å²) in [6.07, 6.45) is 0. The van der Waals surface area contributed by atoms with Crippen molar-refractivity contribution in [2.24, 2.45) is 0 Å². The third kappa shape index (κ3) is 5.82. The zero-order valence-corrected chi connectivity index (χ0v) is 33.0. The standard InChI is InChI=1S/C57H40N2/c1-57(2)53-22-11-9-20-49(53)50-34-33-48(38-54(50)57)58(46-29-24-40(25-30-46)43-17-13-16-42(36-43)39-14-5-3-6-15-39)47-31-26-41(27-32-47)44-28-35-56-52(37-44)51-21-10-12-23-55(51)59(56)45-18-7-4-8-19-45/h3-10,12-21,23-38H,1-2H3. The van der Waals surface area contributed by atoms with Crippen molar-refractivity contribution in [1.29, 1.82) is 0 Å². The molecule has 0 unspecified atom stereocenters. The number of benzene rings is 8. The van der Waals surface area contributed by atoms with E-state index in [0.29, 0.717) is 0 Å². The second kappa shape index (κ2) is 13.8. The van der Waals surface area contributed by atoms with E-state index in [4.69, 9.17) is 0 Å². The Morgan fingerprint density at radius 3 is 1.69 bits per heavy atom.